The molecule has 0 spiro atoms. The van der Waals surface area contributed by atoms with E-state index in [9.17, 15) is 5.11 Å². The number of hydrogen-bond donors (Lipinski definition) is 5. The molecule has 0 atom stereocenters. The van der Waals surface area contributed by atoms with Gasteiger partial charge in [0.05, 0.1) is 6.10 Å². The molecule has 0 aromatic carbocycles. The van der Waals surface area contributed by atoms with Gasteiger partial charge < -0.3 is 15.7 Å². The Morgan fingerprint density at radius 2 is 1.42 bits per heavy atom. The van der Waals surface area contributed by atoms with Crippen molar-refractivity contribution in [3.05, 3.63) is 0 Å². The molecule has 0 aromatic heterocycles. The van der Waals surface area contributed by atoms with Gasteiger partial charge in [-0.15, -0.1) is 0 Å². The minimum absolute atomic E-state index is 0.315. The van der Waals surface area contributed by atoms with Crippen LogP contribution in [-0.2, 0) is 0 Å². The molecule has 0 aliphatic carbocycles. The molecule has 0 amide bonds. The van der Waals surface area contributed by atoms with Crippen molar-refractivity contribution in [2.45, 2.75) is 6.10 Å². The lowest BCUT2D eigenvalue weighted by molar-refractivity contribution is 0.170. The van der Waals surface area contributed by atoms with Gasteiger partial charge in [0.15, 0.2) is 0 Å². The first-order chi connectivity index (χ1) is 5.81. The molecule has 0 saturated carbocycles. The molecule has 0 bridgehead atoms. The van der Waals surface area contributed by atoms with E-state index in [1.807, 2.05) is 0 Å². The smallest absolute Gasteiger partial charge is 0.0788 e. The number of aliphatic hydroxyl groups excluding tert-OH is 1. The lowest BCUT2D eigenvalue weighted by atomic mass is 10.3. The van der Waals surface area contributed by atoms with Gasteiger partial charge in [0, 0.05) is 37.7 Å². The zero-order chi connectivity index (χ0) is 9.23. The lowest BCUT2D eigenvalue weighted by Gasteiger charge is -2.11. The predicted molar refractivity (Wildman–Crippen MR) is 59.5 cm³/mol. The molecule has 74 valence electrons. The van der Waals surface area contributed by atoms with E-state index in [1.54, 1.807) is 0 Å². The Kier molecular flexibility index (Phi) is 10.1. The van der Waals surface area contributed by atoms with Crippen LogP contribution in [0.25, 0.3) is 0 Å². The van der Waals surface area contributed by atoms with E-state index in [-0.39, 0.29) is 6.10 Å². The van der Waals surface area contributed by atoms with E-state index in [0.29, 0.717) is 13.1 Å². The van der Waals surface area contributed by atoms with Gasteiger partial charge in [-0.25, -0.2) is 0 Å². The van der Waals surface area contributed by atoms with E-state index in [2.05, 4.69) is 35.9 Å². The van der Waals surface area contributed by atoms with Crippen molar-refractivity contribution in [3.8, 4) is 0 Å². The summed E-state index contributed by atoms with van der Waals surface area (Å²) in [6.45, 7) is 2.93. The highest BCUT2D eigenvalue weighted by atomic mass is 32.1. The third kappa shape index (κ3) is 8.67. The quantitative estimate of drug-likeness (QED) is 0.274. The third-order valence-electron chi connectivity index (χ3n) is 1.34. The monoisotopic (exact) mass is 210 g/mol. The number of rotatable bonds is 8. The highest BCUT2D eigenvalue weighted by Gasteiger charge is 2.00. The van der Waals surface area contributed by atoms with Crippen LogP contribution in [0.2, 0.25) is 0 Å². The molecule has 0 aromatic rings. The van der Waals surface area contributed by atoms with Gasteiger partial charge in [0.2, 0.25) is 0 Å². The Morgan fingerprint density at radius 3 is 1.75 bits per heavy atom. The van der Waals surface area contributed by atoms with Crippen LogP contribution in [0, 0.1) is 0 Å². The largest absolute Gasteiger partial charge is 0.390 e. The predicted octanol–water partition coefficient (Wildman–Crippen LogP) is -0.614. The second-order valence-corrected chi connectivity index (χ2v) is 3.40. The molecule has 0 heterocycles. The number of aliphatic hydroxyl groups is 1. The molecule has 0 radical (unpaired) electrons. The average Bonchev–Trinajstić information content (AvgIpc) is 2.06. The number of hydrogen-bond acceptors (Lipinski definition) is 5. The van der Waals surface area contributed by atoms with Crippen molar-refractivity contribution in [3.63, 3.8) is 0 Å². The van der Waals surface area contributed by atoms with Gasteiger partial charge in [-0.05, 0) is 0 Å². The molecule has 0 saturated heterocycles. The molecule has 0 unspecified atom stereocenters. The Bertz CT molecular complexity index is 85.5. The van der Waals surface area contributed by atoms with Gasteiger partial charge in [-0.1, -0.05) is 0 Å². The Morgan fingerprint density at radius 1 is 1.00 bits per heavy atom. The molecule has 3 nitrogen and oxygen atoms in total. The van der Waals surface area contributed by atoms with Crippen LogP contribution in [0.3, 0.4) is 0 Å². The Labute approximate surface area is 85.1 Å². The summed E-state index contributed by atoms with van der Waals surface area (Å²) in [6, 6.07) is 0. The van der Waals surface area contributed by atoms with E-state index in [4.69, 9.17) is 0 Å². The van der Waals surface area contributed by atoms with Crippen molar-refractivity contribution in [2.24, 2.45) is 0 Å². The maximum Gasteiger partial charge on any atom is 0.0788 e. The van der Waals surface area contributed by atoms with E-state index < -0.39 is 0 Å². The molecule has 3 N–H and O–H groups in total. The molecular formula is C7H18N2OS2. The SMILES string of the molecule is OC(CNCCS)CNCCS. The summed E-state index contributed by atoms with van der Waals surface area (Å²) >= 11 is 8.08. The molecule has 0 rings (SSSR count). The van der Waals surface area contributed by atoms with Crippen LogP contribution in [0.5, 0.6) is 0 Å². The third-order valence-corrected chi connectivity index (χ3v) is 1.78. The second kappa shape index (κ2) is 9.67. The van der Waals surface area contributed by atoms with E-state index >= 15 is 0 Å². The lowest BCUT2D eigenvalue weighted by Crippen LogP contribution is -2.36. The van der Waals surface area contributed by atoms with Gasteiger partial charge in [0.1, 0.15) is 0 Å². The zero-order valence-electron chi connectivity index (χ0n) is 7.16. The number of nitrogens with one attached hydrogen (secondary N) is 2. The maximum atomic E-state index is 9.33. The highest BCUT2D eigenvalue weighted by molar-refractivity contribution is 7.80. The Balaban J connectivity index is 3.04. The normalized spacial score (nSPS) is 11.0. The summed E-state index contributed by atoms with van der Waals surface area (Å²) in [7, 11) is 0. The highest BCUT2D eigenvalue weighted by Crippen LogP contribution is 1.78. The summed E-state index contributed by atoms with van der Waals surface area (Å²) in [5.41, 5.74) is 0. The van der Waals surface area contributed by atoms with Crippen LogP contribution >= 0.6 is 25.3 Å². The summed E-state index contributed by atoms with van der Waals surface area (Å²) in [5.74, 6) is 1.60. The first kappa shape index (κ1) is 12.6. The standard InChI is InChI=1S/C7H18N2OS2/c10-7(5-8-1-3-11)6-9-2-4-12/h7-12H,1-6H2. The second-order valence-electron chi connectivity index (χ2n) is 2.51. The summed E-state index contributed by atoms with van der Waals surface area (Å²) in [4.78, 5) is 0. The fourth-order valence-electron chi connectivity index (χ4n) is 0.768. The summed E-state index contributed by atoms with van der Waals surface area (Å²) in [5, 5.41) is 15.5. The van der Waals surface area contributed by atoms with Crippen molar-refractivity contribution in [1.29, 1.82) is 0 Å². The van der Waals surface area contributed by atoms with Gasteiger partial charge in [-0.2, -0.15) is 25.3 Å². The zero-order valence-corrected chi connectivity index (χ0v) is 8.95. The molecule has 0 aliphatic rings. The van der Waals surface area contributed by atoms with Crippen molar-refractivity contribution in [1.82, 2.24) is 10.6 Å². The van der Waals surface area contributed by atoms with Gasteiger partial charge >= 0.3 is 0 Å². The average molecular weight is 210 g/mol. The van der Waals surface area contributed by atoms with Crippen molar-refractivity contribution >= 4 is 25.3 Å². The molecule has 0 fully saturated rings. The minimum atomic E-state index is -0.315. The van der Waals surface area contributed by atoms with E-state index in [1.165, 1.54) is 0 Å². The van der Waals surface area contributed by atoms with Crippen LogP contribution in [0.15, 0.2) is 0 Å². The molecule has 0 aliphatic heterocycles. The first-order valence-electron chi connectivity index (χ1n) is 4.12. The first-order valence-corrected chi connectivity index (χ1v) is 5.39. The van der Waals surface area contributed by atoms with Crippen LogP contribution in [0.4, 0.5) is 0 Å². The fourth-order valence-corrected chi connectivity index (χ4v) is 1.08. The maximum absolute atomic E-state index is 9.33. The topological polar surface area (TPSA) is 44.3 Å². The molecule has 5 heteroatoms. The van der Waals surface area contributed by atoms with Crippen LogP contribution in [0.1, 0.15) is 0 Å². The molecule has 12 heavy (non-hydrogen) atoms. The van der Waals surface area contributed by atoms with Crippen molar-refractivity contribution in [2.75, 3.05) is 37.7 Å². The number of thiol groups is 2. The minimum Gasteiger partial charge on any atom is -0.390 e. The summed E-state index contributed by atoms with van der Waals surface area (Å²) in [6.07, 6.45) is -0.315. The van der Waals surface area contributed by atoms with Gasteiger partial charge in [0.25, 0.3) is 0 Å². The van der Waals surface area contributed by atoms with Gasteiger partial charge in [-0.3, -0.25) is 0 Å². The summed E-state index contributed by atoms with van der Waals surface area (Å²) < 4.78 is 0. The Hall–Kier alpha value is 0.580. The van der Waals surface area contributed by atoms with Crippen LogP contribution < -0.4 is 10.6 Å². The van der Waals surface area contributed by atoms with Crippen molar-refractivity contribution < 1.29 is 5.11 Å². The molecular weight excluding hydrogens is 192 g/mol. The van der Waals surface area contributed by atoms with E-state index in [0.717, 1.165) is 24.6 Å². The fraction of sp³-hybridized carbons (Fsp3) is 1.00. The van der Waals surface area contributed by atoms with Crippen LogP contribution in [-0.4, -0.2) is 48.9 Å².